The van der Waals surface area contributed by atoms with Crippen molar-refractivity contribution in [3.63, 3.8) is 0 Å². The van der Waals surface area contributed by atoms with Crippen LogP contribution in [0.4, 0.5) is 5.13 Å². The normalized spacial score (nSPS) is 14.7. The molecule has 3 heterocycles. The lowest BCUT2D eigenvalue weighted by molar-refractivity contribution is 0.0971. The fourth-order valence-corrected chi connectivity index (χ4v) is 5.64. The molecule has 0 saturated carbocycles. The Morgan fingerprint density at radius 2 is 1.74 bits per heavy atom. The number of amides is 1. The standard InChI is InChI=1S/C30H24N2O5S/c1-17-18(2)38-30(31-17)32-26(25-27(33)21-11-7-8-12-22(21)37-28(25)29(32)34)20-13-14-23(24(15-20)35-3)36-16-19-9-5-4-6-10-19/h4-15,26H,16H2,1-3H3/t26-/m1/s1. The molecule has 0 N–H and O–H groups in total. The van der Waals surface area contributed by atoms with Crippen molar-refractivity contribution in [2.75, 3.05) is 12.0 Å². The molecule has 0 aliphatic carbocycles. The number of hydrogen-bond acceptors (Lipinski definition) is 7. The van der Waals surface area contributed by atoms with Gasteiger partial charge >= 0.3 is 0 Å². The third kappa shape index (κ3) is 3.94. The summed E-state index contributed by atoms with van der Waals surface area (Å²) in [6, 6.07) is 21.5. The Morgan fingerprint density at radius 1 is 0.974 bits per heavy atom. The summed E-state index contributed by atoms with van der Waals surface area (Å²) in [5.41, 5.74) is 2.97. The van der Waals surface area contributed by atoms with E-state index in [0.29, 0.717) is 45.3 Å². The second-order valence-corrected chi connectivity index (χ2v) is 10.3. The predicted molar refractivity (Wildman–Crippen MR) is 146 cm³/mol. The molecule has 38 heavy (non-hydrogen) atoms. The fourth-order valence-electron chi connectivity index (χ4n) is 4.70. The summed E-state index contributed by atoms with van der Waals surface area (Å²) in [6.07, 6.45) is 0. The van der Waals surface area contributed by atoms with Crippen LogP contribution in [0.2, 0.25) is 0 Å². The first-order valence-electron chi connectivity index (χ1n) is 12.1. The van der Waals surface area contributed by atoms with Crippen LogP contribution >= 0.6 is 11.3 Å². The first-order valence-corrected chi connectivity index (χ1v) is 13.0. The van der Waals surface area contributed by atoms with E-state index in [2.05, 4.69) is 4.98 Å². The lowest BCUT2D eigenvalue weighted by Crippen LogP contribution is -2.29. The van der Waals surface area contributed by atoms with Crippen molar-refractivity contribution < 1.29 is 18.7 Å². The Hall–Kier alpha value is -4.43. The van der Waals surface area contributed by atoms with Crippen LogP contribution in [0, 0.1) is 13.8 Å². The number of aryl methyl sites for hydroxylation is 2. The second-order valence-electron chi connectivity index (χ2n) is 9.07. The number of nitrogens with zero attached hydrogens (tertiary/aromatic N) is 2. The molecule has 0 bridgehead atoms. The van der Waals surface area contributed by atoms with E-state index >= 15 is 0 Å². The van der Waals surface area contributed by atoms with E-state index in [1.54, 1.807) is 42.3 Å². The van der Waals surface area contributed by atoms with Crippen LogP contribution in [-0.4, -0.2) is 18.0 Å². The van der Waals surface area contributed by atoms with Gasteiger partial charge in [-0.15, -0.1) is 11.3 Å². The number of aromatic nitrogens is 1. The molecule has 1 amide bonds. The summed E-state index contributed by atoms with van der Waals surface area (Å²) in [7, 11) is 1.56. The van der Waals surface area contributed by atoms with Crippen LogP contribution in [0.15, 0.2) is 82.0 Å². The number of fused-ring (bicyclic) bond motifs is 2. The number of carbonyl (C=O) groups excluding carboxylic acids is 1. The lowest BCUT2D eigenvalue weighted by atomic mass is 9.98. The molecule has 7 nitrogen and oxygen atoms in total. The zero-order valence-electron chi connectivity index (χ0n) is 21.1. The van der Waals surface area contributed by atoms with E-state index in [1.165, 1.54) is 11.3 Å². The van der Waals surface area contributed by atoms with Crippen molar-refractivity contribution in [1.29, 1.82) is 0 Å². The van der Waals surface area contributed by atoms with Gasteiger partial charge in [-0.05, 0) is 49.2 Å². The predicted octanol–water partition coefficient (Wildman–Crippen LogP) is 6.20. The number of anilines is 1. The molecule has 0 fully saturated rings. The third-order valence-corrected chi connectivity index (χ3v) is 7.81. The van der Waals surface area contributed by atoms with E-state index in [4.69, 9.17) is 13.9 Å². The van der Waals surface area contributed by atoms with Crippen molar-refractivity contribution in [3.05, 3.63) is 116 Å². The summed E-state index contributed by atoms with van der Waals surface area (Å²) < 4.78 is 17.7. The average Bonchev–Trinajstić information content (AvgIpc) is 3.43. The van der Waals surface area contributed by atoms with Crippen LogP contribution < -0.4 is 19.8 Å². The van der Waals surface area contributed by atoms with Crippen LogP contribution in [0.3, 0.4) is 0 Å². The van der Waals surface area contributed by atoms with Gasteiger partial charge in [0, 0.05) is 4.88 Å². The number of para-hydroxylation sites is 1. The molecule has 0 saturated heterocycles. The van der Waals surface area contributed by atoms with Gasteiger partial charge in [-0.1, -0.05) is 48.5 Å². The number of methoxy groups -OCH3 is 1. The second kappa shape index (κ2) is 9.46. The molecule has 2 aromatic heterocycles. The van der Waals surface area contributed by atoms with Crippen LogP contribution in [0.5, 0.6) is 11.5 Å². The monoisotopic (exact) mass is 524 g/mol. The molecular weight excluding hydrogens is 500 g/mol. The van der Waals surface area contributed by atoms with E-state index in [9.17, 15) is 9.59 Å². The molecule has 190 valence electrons. The Morgan fingerprint density at radius 3 is 2.47 bits per heavy atom. The molecule has 0 unspecified atom stereocenters. The van der Waals surface area contributed by atoms with Gasteiger partial charge in [0.2, 0.25) is 5.76 Å². The molecule has 1 aliphatic heterocycles. The molecule has 1 aliphatic rings. The Bertz CT molecular complexity index is 1720. The molecule has 5 aromatic rings. The van der Waals surface area contributed by atoms with Crippen LogP contribution in [0.1, 0.15) is 43.9 Å². The number of ether oxygens (including phenoxy) is 2. The van der Waals surface area contributed by atoms with Crippen molar-refractivity contribution in [2.24, 2.45) is 0 Å². The number of hydrogen-bond donors (Lipinski definition) is 0. The first kappa shape index (κ1) is 23.9. The summed E-state index contributed by atoms with van der Waals surface area (Å²) >= 11 is 1.41. The minimum atomic E-state index is -0.736. The molecule has 8 heteroatoms. The summed E-state index contributed by atoms with van der Waals surface area (Å²) in [4.78, 5) is 34.7. The summed E-state index contributed by atoms with van der Waals surface area (Å²) in [5.74, 6) is 0.691. The highest BCUT2D eigenvalue weighted by Gasteiger charge is 2.45. The SMILES string of the molecule is COc1cc([C@@H]2c3c(oc4ccccc4c3=O)C(=O)N2c2nc(C)c(C)s2)ccc1OCc1ccccc1. The van der Waals surface area contributed by atoms with Crippen molar-refractivity contribution in [1.82, 2.24) is 4.98 Å². The molecule has 1 atom stereocenters. The summed E-state index contributed by atoms with van der Waals surface area (Å²) in [6.45, 7) is 4.23. The smallest absolute Gasteiger partial charge is 0.297 e. The maximum Gasteiger partial charge on any atom is 0.297 e. The average molecular weight is 525 g/mol. The van der Waals surface area contributed by atoms with Gasteiger partial charge < -0.3 is 13.9 Å². The summed E-state index contributed by atoms with van der Waals surface area (Å²) in [5, 5.41) is 0.931. The van der Waals surface area contributed by atoms with Gasteiger partial charge in [0.15, 0.2) is 22.1 Å². The van der Waals surface area contributed by atoms with Gasteiger partial charge in [-0.2, -0.15) is 0 Å². The molecule has 0 spiro atoms. The molecule has 6 rings (SSSR count). The number of carbonyl (C=O) groups is 1. The number of thiazole rings is 1. The van der Waals surface area contributed by atoms with Crippen molar-refractivity contribution >= 4 is 33.3 Å². The third-order valence-electron chi connectivity index (χ3n) is 6.74. The zero-order valence-corrected chi connectivity index (χ0v) is 21.9. The fraction of sp³-hybridized carbons (Fsp3) is 0.167. The van der Waals surface area contributed by atoms with Gasteiger partial charge in [0.25, 0.3) is 5.91 Å². The van der Waals surface area contributed by atoms with Crippen molar-refractivity contribution in [3.8, 4) is 11.5 Å². The quantitative estimate of drug-likeness (QED) is 0.263. The molecular formula is C30H24N2O5S. The lowest BCUT2D eigenvalue weighted by Gasteiger charge is -2.23. The number of benzene rings is 3. The Balaban J connectivity index is 1.49. The highest BCUT2D eigenvalue weighted by Crippen LogP contribution is 2.44. The number of rotatable bonds is 6. The highest BCUT2D eigenvalue weighted by atomic mass is 32.1. The van der Waals surface area contributed by atoms with Crippen LogP contribution in [0.25, 0.3) is 11.0 Å². The topological polar surface area (TPSA) is 81.9 Å². The maximum absolute atomic E-state index is 13.8. The van der Waals surface area contributed by atoms with Crippen LogP contribution in [-0.2, 0) is 6.61 Å². The zero-order chi connectivity index (χ0) is 26.4. The minimum absolute atomic E-state index is 0.0348. The van der Waals surface area contributed by atoms with Crippen molar-refractivity contribution in [2.45, 2.75) is 26.5 Å². The van der Waals surface area contributed by atoms with Gasteiger partial charge in [-0.25, -0.2) is 4.98 Å². The van der Waals surface area contributed by atoms with E-state index < -0.39 is 11.9 Å². The van der Waals surface area contributed by atoms with Gasteiger partial charge in [0.1, 0.15) is 12.2 Å². The Kier molecular flexibility index (Phi) is 5.96. The highest BCUT2D eigenvalue weighted by molar-refractivity contribution is 7.15. The largest absolute Gasteiger partial charge is 0.493 e. The maximum atomic E-state index is 13.8. The molecule has 3 aromatic carbocycles. The van der Waals surface area contributed by atoms with Gasteiger partial charge in [-0.3, -0.25) is 14.5 Å². The van der Waals surface area contributed by atoms with E-state index in [0.717, 1.165) is 16.1 Å². The molecule has 0 radical (unpaired) electrons. The van der Waals surface area contributed by atoms with E-state index in [-0.39, 0.29) is 11.2 Å². The first-order chi connectivity index (χ1) is 18.5. The van der Waals surface area contributed by atoms with E-state index in [1.807, 2.05) is 56.3 Å². The van der Waals surface area contributed by atoms with Gasteiger partial charge in [0.05, 0.1) is 29.8 Å². The minimum Gasteiger partial charge on any atom is -0.493 e. The Labute approximate surface area is 222 Å².